The predicted molar refractivity (Wildman–Crippen MR) is 58.3 cm³/mol. The van der Waals surface area contributed by atoms with Gasteiger partial charge in [0.15, 0.2) is 0 Å². The van der Waals surface area contributed by atoms with Crippen LogP contribution in [-0.2, 0) is 11.2 Å². The quantitative estimate of drug-likeness (QED) is 0.757. The molecule has 3 nitrogen and oxygen atoms in total. The summed E-state index contributed by atoms with van der Waals surface area (Å²) in [4.78, 5) is 10.9. The van der Waals surface area contributed by atoms with Gasteiger partial charge in [-0.2, -0.15) is 0 Å². The lowest BCUT2D eigenvalue weighted by Gasteiger charge is -2.11. The van der Waals surface area contributed by atoms with Crippen LogP contribution in [0.5, 0.6) is 0 Å². The topological polar surface area (TPSA) is 38.3 Å². The Morgan fingerprint density at radius 1 is 1.53 bits per heavy atom. The van der Waals surface area contributed by atoms with Gasteiger partial charge < -0.3 is 10.1 Å². The molecule has 0 saturated heterocycles. The van der Waals surface area contributed by atoms with Gasteiger partial charge in [0.1, 0.15) is 0 Å². The van der Waals surface area contributed by atoms with Gasteiger partial charge in [-0.15, -0.1) is 6.42 Å². The maximum Gasteiger partial charge on any atom is 0.407 e. The summed E-state index contributed by atoms with van der Waals surface area (Å²) >= 11 is 0. The number of alkyl carbamates (subject to hydrolysis) is 1. The molecule has 0 aliphatic rings. The van der Waals surface area contributed by atoms with E-state index in [0.29, 0.717) is 6.42 Å². The molecule has 0 unspecified atom stereocenters. The van der Waals surface area contributed by atoms with Crippen LogP contribution in [0.2, 0.25) is 0 Å². The molecule has 1 rings (SSSR count). The molecule has 0 heterocycles. The molecular weight excluding hydrogens is 190 g/mol. The number of nitrogens with one attached hydrogen (secondary N) is 1. The first-order chi connectivity index (χ1) is 7.26. The molecular formula is C12H13NO2. The molecule has 0 aromatic heterocycles. The van der Waals surface area contributed by atoms with E-state index in [-0.39, 0.29) is 6.04 Å². The normalized spacial score (nSPS) is 11.2. The Kier molecular flexibility index (Phi) is 4.24. The van der Waals surface area contributed by atoms with Crippen molar-refractivity contribution in [2.24, 2.45) is 0 Å². The first kappa shape index (κ1) is 11.1. The minimum atomic E-state index is -0.506. The van der Waals surface area contributed by atoms with E-state index in [2.05, 4.69) is 16.0 Å². The Morgan fingerprint density at radius 2 is 2.20 bits per heavy atom. The van der Waals surface area contributed by atoms with Crippen LogP contribution < -0.4 is 5.32 Å². The van der Waals surface area contributed by atoms with Crippen LogP contribution in [0.15, 0.2) is 30.3 Å². The van der Waals surface area contributed by atoms with Gasteiger partial charge in [-0.25, -0.2) is 4.79 Å². The predicted octanol–water partition coefficient (Wildman–Crippen LogP) is 1.59. The van der Waals surface area contributed by atoms with E-state index >= 15 is 0 Å². The second-order valence-corrected chi connectivity index (χ2v) is 3.04. The number of amides is 1. The summed E-state index contributed by atoms with van der Waals surface area (Å²) in [5.41, 5.74) is 1.08. The fourth-order valence-corrected chi connectivity index (χ4v) is 1.20. The number of carbonyl (C=O) groups is 1. The number of carbonyl (C=O) groups excluding carboxylic acids is 1. The zero-order valence-electron chi connectivity index (χ0n) is 8.57. The molecule has 0 spiro atoms. The van der Waals surface area contributed by atoms with Crippen LogP contribution in [0.4, 0.5) is 4.79 Å². The van der Waals surface area contributed by atoms with Crippen molar-refractivity contribution in [2.75, 3.05) is 7.11 Å². The van der Waals surface area contributed by atoms with Crippen molar-refractivity contribution in [2.45, 2.75) is 12.5 Å². The van der Waals surface area contributed by atoms with Crippen LogP contribution in [0.3, 0.4) is 0 Å². The molecule has 1 N–H and O–H groups in total. The molecule has 0 radical (unpaired) electrons. The maximum absolute atomic E-state index is 10.9. The number of rotatable bonds is 3. The summed E-state index contributed by atoms with van der Waals surface area (Å²) < 4.78 is 4.47. The third-order valence-electron chi connectivity index (χ3n) is 1.96. The summed E-state index contributed by atoms with van der Waals surface area (Å²) in [6.45, 7) is 0. The zero-order valence-corrected chi connectivity index (χ0v) is 8.57. The van der Waals surface area contributed by atoms with Gasteiger partial charge in [0.05, 0.1) is 13.2 Å². The number of hydrogen-bond acceptors (Lipinski definition) is 2. The van der Waals surface area contributed by atoms with Crippen molar-refractivity contribution < 1.29 is 9.53 Å². The van der Waals surface area contributed by atoms with Crippen LogP contribution in [0.1, 0.15) is 5.56 Å². The van der Waals surface area contributed by atoms with E-state index in [1.54, 1.807) is 0 Å². The fraction of sp³-hybridized carbons (Fsp3) is 0.250. The lowest BCUT2D eigenvalue weighted by Crippen LogP contribution is -2.35. The van der Waals surface area contributed by atoms with Crippen LogP contribution in [0.25, 0.3) is 0 Å². The minimum Gasteiger partial charge on any atom is -0.453 e. The Labute approximate surface area is 89.4 Å². The van der Waals surface area contributed by atoms with Gasteiger partial charge in [0, 0.05) is 6.42 Å². The standard InChI is InChI=1S/C12H13NO2/c1-3-11(13-12(14)15-2)9-10-7-5-4-6-8-10/h1,4-8,11H,9H2,2H3,(H,13,14)/t11-/m1/s1. The van der Waals surface area contributed by atoms with E-state index in [1.165, 1.54) is 7.11 Å². The second-order valence-electron chi connectivity index (χ2n) is 3.04. The van der Waals surface area contributed by atoms with E-state index in [4.69, 9.17) is 6.42 Å². The van der Waals surface area contributed by atoms with Crippen molar-refractivity contribution in [1.29, 1.82) is 0 Å². The minimum absolute atomic E-state index is 0.333. The summed E-state index contributed by atoms with van der Waals surface area (Å²) in [7, 11) is 1.31. The summed E-state index contributed by atoms with van der Waals surface area (Å²) in [6.07, 6.45) is 5.40. The van der Waals surface area contributed by atoms with Crippen LogP contribution in [-0.4, -0.2) is 19.2 Å². The maximum atomic E-state index is 10.9. The van der Waals surface area contributed by atoms with Gasteiger partial charge in [-0.3, -0.25) is 0 Å². The highest BCUT2D eigenvalue weighted by Gasteiger charge is 2.09. The Morgan fingerprint density at radius 3 is 2.73 bits per heavy atom. The van der Waals surface area contributed by atoms with Crippen LogP contribution >= 0.6 is 0 Å². The number of benzene rings is 1. The van der Waals surface area contributed by atoms with Gasteiger partial charge >= 0.3 is 6.09 Å². The van der Waals surface area contributed by atoms with Crippen LogP contribution in [0, 0.1) is 12.3 Å². The average molecular weight is 203 g/mol. The molecule has 0 bridgehead atoms. The van der Waals surface area contributed by atoms with Gasteiger partial charge in [-0.05, 0) is 5.56 Å². The Balaban J connectivity index is 2.55. The molecule has 1 atom stereocenters. The number of methoxy groups -OCH3 is 1. The molecule has 78 valence electrons. The second kappa shape index (κ2) is 5.71. The summed E-state index contributed by atoms with van der Waals surface area (Å²) in [5.74, 6) is 2.50. The van der Waals surface area contributed by atoms with E-state index < -0.39 is 6.09 Å². The van der Waals surface area contributed by atoms with E-state index in [1.807, 2.05) is 30.3 Å². The number of ether oxygens (including phenoxy) is 1. The summed E-state index contributed by atoms with van der Waals surface area (Å²) in [6, 6.07) is 9.39. The highest BCUT2D eigenvalue weighted by molar-refractivity contribution is 5.67. The lowest BCUT2D eigenvalue weighted by atomic mass is 10.1. The van der Waals surface area contributed by atoms with Crippen molar-refractivity contribution in [3.05, 3.63) is 35.9 Å². The first-order valence-electron chi connectivity index (χ1n) is 4.61. The number of terminal acetylenes is 1. The number of hydrogen-bond donors (Lipinski definition) is 1. The lowest BCUT2D eigenvalue weighted by molar-refractivity contribution is 0.169. The molecule has 0 aliphatic heterocycles. The Hall–Kier alpha value is -1.95. The van der Waals surface area contributed by atoms with Gasteiger partial charge in [0.2, 0.25) is 0 Å². The largest absolute Gasteiger partial charge is 0.453 e. The van der Waals surface area contributed by atoms with E-state index in [0.717, 1.165) is 5.56 Å². The highest BCUT2D eigenvalue weighted by atomic mass is 16.5. The van der Waals surface area contributed by atoms with Crippen molar-refractivity contribution in [3.63, 3.8) is 0 Å². The van der Waals surface area contributed by atoms with Crippen molar-refractivity contribution in [1.82, 2.24) is 5.32 Å². The van der Waals surface area contributed by atoms with E-state index in [9.17, 15) is 4.79 Å². The molecule has 0 fully saturated rings. The molecule has 0 saturated carbocycles. The summed E-state index contributed by atoms with van der Waals surface area (Å²) in [5, 5.41) is 2.57. The molecule has 3 heteroatoms. The monoisotopic (exact) mass is 203 g/mol. The van der Waals surface area contributed by atoms with Gasteiger partial charge in [0.25, 0.3) is 0 Å². The molecule has 0 aliphatic carbocycles. The molecule has 1 aromatic rings. The smallest absolute Gasteiger partial charge is 0.407 e. The van der Waals surface area contributed by atoms with Gasteiger partial charge in [-0.1, -0.05) is 36.3 Å². The third kappa shape index (κ3) is 3.74. The first-order valence-corrected chi connectivity index (χ1v) is 4.61. The molecule has 15 heavy (non-hydrogen) atoms. The zero-order chi connectivity index (χ0) is 11.1. The Bertz CT molecular complexity index is 354. The third-order valence-corrected chi connectivity index (χ3v) is 1.96. The highest BCUT2D eigenvalue weighted by Crippen LogP contribution is 2.02. The molecule has 1 amide bonds. The van der Waals surface area contributed by atoms with Crippen molar-refractivity contribution in [3.8, 4) is 12.3 Å². The average Bonchev–Trinajstić information content (AvgIpc) is 2.29. The fourth-order valence-electron chi connectivity index (χ4n) is 1.20. The SMILES string of the molecule is C#C[C@H](Cc1ccccc1)NC(=O)OC. The van der Waals surface area contributed by atoms with Crippen molar-refractivity contribution >= 4 is 6.09 Å². The molecule has 1 aromatic carbocycles.